The number of rotatable bonds is 3. The number of aromatic nitrogens is 1. The van der Waals surface area contributed by atoms with Gasteiger partial charge in [0.25, 0.3) is 11.5 Å². The fourth-order valence-electron chi connectivity index (χ4n) is 5.24. The number of halogens is 1. The molecule has 7 nitrogen and oxygen atoms in total. The number of hydrogen-bond acceptors (Lipinski definition) is 4. The summed E-state index contributed by atoms with van der Waals surface area (Å²) in [6.07, 6.45) is 7.11. The zero-order chi connectivity index (χ0) is 20.6. The summed E-state index contributed by atoms with van der Waals surface area (Å²) >= 11 is 0. The van der Waals surface area contributed by atoms with Crippen LogP contribution in [0.1, 0.15) is 54.4 Å². The second-order valence-corrected chi connectivity index (χ2v) is 9.01. The van der Waals surface area contributed by atoms with E-state index in [2.05, 4.69) is 5.32 Å². The Balaban J connectivity index is 0.00000256. The fraction of sp³-hybridized carbons (Fsp3) is 0.682. The predicted molar refractivity (Wildman–Crippen MR) is 118 cm³/mol. The van der Waals surface area contributed by atoms with Crippen LogP contribution in [0.2, 0.25) is 0 Å². The largest absolute Gasteiger partial charge is 0.340 e. The van der Waals surface area contributed by atoms with Crippen LogP contribution in [0, 0.1) is 12.8 Å². The van der Waals surface area contributed by atoms with Crippen LogP contribution < -0.4 is 10.9 Å². The van der Waals surface area contributed by atoms with Gasteiger partial charge in [-0.2, -0.15) is 0 Å². The zero-order valence-corrected chi connectivity index (χ0v) is 18.8. The van der Waals surface area contributed by atoms with E-state index >= 15 is 0 Å². The quantitative estimate of drug-likeness (QED) is 0.784. The molecule has 8 heteroatoms. The summed E-state index contributed by atoms with van der Waals surface area (Å²) < 4.78 is 1.72. The summed E-state index contributed by atoms with van der Waals surface area (Å²) in [5.74, 6) is 0.464. The molecule has 1 N–H and O–H groups in total. The van der Waals surface area contributed by atoms with E-state index in [9.17, 15) is 14.4 Å². The lowest BCUT2D eigenvalue weighted by Crippen LogP contribution is -2.53. The second-order valence-electron chi connectivity index (χ2n) is 9.01. The number of pyridine rings is 1. The molecule has 4 heterocycles. The Morgan fingerprint density at radius 3 is 2.57 bits per heavy atom. The molecule has 1 aromatic heterocycles. The highest BCUT2D eigenvalue weighted by Gasteiger charge is 2.45. The van der Waals surface area contributed by atoms with Crippen molar-refractivity contribution in [1.29, 1.82) is 0 Å². The van der Waals surface area contributed by atoms with Gasteiger partial charge in [-0.3, -0.25) is 14.4 Å². The number of carbonyl (C=O) groups is 2. The molecule has 166 valence electrons. The lowest BCUT2D eigenvalue weighted by atomic mass is 9.85. The third-order valence-corrected chi connectivity index (χ3v) is 7.31. The average Bonchev–Trinajstić information content (AvgIpc) is 3.00. The zero-order valence-electron chi connectivity index (χ0n) is 18.0. The highest BCUT2D eigenvalue weighted by atomic mass is 35.5. The molecule has 1 spiro atoms. The smallest absolute Gasteiger partial charge is 0.263 e. The fourth-order valence-corrected chi connectivity index (χ4v) is 5.24. The van der Waals surface area contributed by atoms with Crippen LogP contribution in [-0.4, -0.2) is 64.9 Å². The van der Waals surface area contributed by atoms with Crippen molar-refractivity contribution in [3.63, 3.8) is 0 Å². The van der Waals surface area contributed by atoms with Crippen molar-refractivity contribution in [1.82, 2.24) is 19.7 Å². The molecule has 0 aliphatic carbocycles. The van der Waals surface area contributed by atoms with Crippen molar-refractivity contribution >= 4 is 24.2 Å². The van der Waals surface area contributed by atoms with E-state index in [-0.39, 0.29) is 35.3 Å². The number of likely N-dealkylation sites (tertiary alicyclic amines) is 2. The maximum Gasteiger partial charge on any atom is 0.263 e. The van der Waals surface area contributed by atoms with E-state index in [4.69, 9.17) is 0 Å². The maximum atomic E-state index is 13.3. The normalized spacial score (nSPS) is 23.5. The molecule has 3 aliphatic rings. The summed E-state index contributed by atoms with van der Waals surface area (Å²) in [4.78, 5) is 42.0. The topological polar surface area (TPSA) is 74.6 Å². The summed E-state index contributed by atoms with van der Waals surface area (Å²) in [5.41, 5.74) is 0.775. The van der Waals surface area contributed by atoms with E-state index in [0.29, 0.717) is 37.5 Å². The number of carbonyl (C=O) groups excluding carboxylic acids is 2. The standard InChI is InChI=1S/C22H32N4O3.ClH/c1-16-6-11-26(15-17-4-3-10-23-14-17)21(29)19(16)20(28)25-12-8-22(9-13-25)7-5-18(27)24(22)2;/h6,11,17,23H,3-5,7-10,12-15H2,1-2H3;1H. The van der Waals surface area contributed by atoms with E-state index in [1.165, 1.54) is 0 Å². The molecule has 1 aromatic rings. The first kappa shape index (κ1) is 22.8. The Morgan fingerprint density at radius 2 is 1.97 bits per heavy atom. The predicted octanol–water partition coefficient (Wildman–Crippen LogP) is 1.81. The Hall–Kier alpha value is -1.86. The number of nitrogens with one attached hydrogen (secondary N) is 1. The van der Waals surface area contributed by atoms with Crippen LogP contribution in [0.25, 0.3) is 0 Å². The van der Waals surface area contributed by atoms with Gasteiger partial charge >= 0.3 is 0 Å². The van der Waals surface area contributed by atoms with Gasteiger partial charge in [0.1, 0.15) is 5.56 Å². The molecule has 0 aromatic carbocycles. The molecule has 4 rings (SSSR count). The molecule has 3 aliphatic heterocycles. The van der Waals surface area contributed by atoms with Gasteiger partial charge in [0.15, 0.2) is 0 Å². The molecule has 0 bridgehead atoms. The molecule has 1 atom stereocenters. The summed E-state index contributed by atoms with van der Waals surface area (Å²) in [6, 6.07) is 1.89. The molecule has 3 saturated heterocycles. The molecule has 2 amide bonds. The van der Waals surface area contributed by atoms with Gasteiger partial charge < -0.3 is 19.7 Å². The van der Waals surface area contributed by atoms with E-state index in [1.54, 1.807) is 9.47 Å². The van der Waals surface area contributed by atoms with Crippen LogP contribution in [0.5, 0.6) is 0 Å². The third-order valence-electron chi connectivity index (χ3n) is 7.31. The van der Waals surface area contributed by atoms with Crippen LogP contribution in [0.15, 0.2) is 17.1 Å². The third kappa shape index (κ3) is 4.14. The summed E-state index contributed by atoms with van der Waals surface area (Å²) in [5, 5.41) is 3.39. The Labute approximate surface area is 184 Å². The molecule has 1 unspecified atom stereocenters. The maximum absolute atomic E-state index is 13.3. The van der Waals surface area contributed by atoms with E-state index in [0.717, 1.165) is 50.8 Å². The first-order chi connectivity index (χ1) is 13.9. The second kappa shape index (κ2) is 9.10. The Bertz CT molecular complexity index is 854. The average molecular weight is 437 g/mol. The van der Waals surface area contributed by atoms with Gasteiger partial charge in [-0.15, -0.1) is 12.4 Å². The summed E-state index contributed by atoms with van der Waals surface area (Å²) in [6.45, 7) is 5.65. The Morgan fingerprint density at radius 1 is 1.23 bits per heavy atom. The lowest BCUT2D eigenvalue weighted by Gasteiger charge is -2.43. The first-order valence-corrected chi connectivity index (χ1v) is 10.9. The number of piperidine rings is 2. The van der Waals surface area contributed by atoms with E-state index < -0.39 is 0 Å². The Kier molecular flexibility index (Phi) is 6.92. The minimum absolute atomic E-state index is 0. The monoisotopic (exact) mass is 436 g/mol. The molecular weight excluding hydrogens is 404 g/mol. The van der Waals surface area contributed by atoms with Crippen molar-refractivity contribution < 1.29 is 9.59 Å². The van der Waals surface area contributed by atoms with Crippen molar-refractivity contribution in [2.45, 2.75) is 57.5 Å². The molecule has 3 fully saturated rings. The van der Waals surface area contributed by atoms with Crippen molar-refractivity contribution in [2.75, 3.05) is 33.2 Å². The molecule has 0 radical (unpaired) electrons. The van der Waals surface area contributed by atoms with Crippen molar-refractivity contribution in [3.8, 4) is 0 Å². The van der Waals surface area contributed by atoms with Gasteiger partial charge in [-0.25, -0.2) is 0 Å². The van der Waals surface area contributed by atoms with E-state index in [1.807, 2.05) is 31.1 Å². The van der Waals surface area contributed by atoms with Gasteiger partial charge in [0.05, 0.1) is 0 Å². The van der Waals surface area contributed by atoms with Crippen LogP contribution in [0.4, 0.5) is 0 Å². The highest BCUT2D eigenvalue weighted by molar-refractivity contribution is 5.95. The van der Waals surface area contributed by atoms with Crippen molar-refractivity contribution in [3.05, 3.63) is 33.7 Å². The number of nitrogens with zero attached hydrogens (tertiary/aromatic N) is 3. The minimum atomic E-state index is -0.172. The van der Waals surface area contributed by atoms with Crippen molar-refractivity contribution in [2.24, 2.45) is 5.92 Å². The van der Waals surface area contributed by atoms with Gasteiger partial charge in [0, 0.05) is 44.8 Å². The molecular formula is C22H33ClN4O3. The first-order valence-electron chi connectivity index (χ1n) is 10.9. The van der Waals surface area contributed by atoms with Crippen LogP contribution in [-0.2, 0) is 11.3 Å². The SMILES string of the molecule is Cc1ccn(CC2CCCNC2)c(=O)c1C(=O)N1CCC2(CCC(=O)N2C)CC1.Cl. The van der Waals surface area contributed by atoms with Gasteiger partial charge in [-0.05, 0) is 69.7 Å². The van der Waals surface area contributed by atoms with Crippen LogP contribution >= 0.6 is 12.4 Å². The van der Waals surface area contributed by atoms with Gasteiger partial charge in [0.2, 0.25) is 5.91 Å². The molecule has 30 heavy (non-hydrogen) atoms. The van der Waals surface area contributed by atoms with Gasteiger partial charge in [-0.1, -0.05) is 0 Å². The number of aryl methyl sites for hydroxylation is 1. The van der Waals surface area contributed by atoms with Crippen LogP contribution in [0.3, 0.4) is 0 Å². The molecule has 0 saturated carbocycles. The number of hydrogen-bond donors (Lipinski definition) is 1. The minimum Gasteiger partial charge on any atom is -0.340 e. The highest BCUT2D eigenvalue weighted by Crippen LogP contribution is 2.38. The summed E-state index contributed by atoms with van der Waals surface area (Å²) in [7, 11) is 1.88. The number of amides is 2. The lowest BCUT2D eigenvalue weighted by molar-refractivity contribution is -0.130.